The van der Waals surface area contributed by atoms with Crippen molar-refractivity contribution >= 4 is 23.4 Å². The molecule has 2 aromatic heterocycles. The predicted octanol–water partition coefficient (Wildman–Crippen LogP) is 5.05. The monoisotopic (exact) mass is 480 g/mol. The van der Waals surface area contributed by atoms with Gasteiger partial charge in [0.05, 0.1) is 12.8 Å². The summed E-state index contributed by atoms with van der Waals surface area (Å²) in [6.45, 7) is 2.30. The van der Waals surface area contributed by atoms with Crippen LogP contribution in [0.4, 0.5) is 0 Å². The second kappa shape index (κ2) is 9.29. The number of fused-ring (bicyclic) bond motifs is 1. The molecule has 3 aromatic rings. The number of hydrogen-bond acceptors (Lipinski definition) is 4. The number of hydrogen-bond donors (Lipinski definition) is 1. The lowest BCUT2D eigenvalue weighted by Crippen LogP contribution is -2.64. The highest BCUT2D eigenvalue weighted by atomic mass is 35.5. The topological polar surface area (TPSA) is 80.4 Å². The normalized spacial score (nSPS) is 21.2. The van der Waals surface area contributed by atoms with Crippen LogP contribution in [0.5, 0.6) is 0 Å². The molecule has 1 fully saturated rings. The summed E-state index contributed by atoms with van der Waals surface area (Å²) < 4.78 is 7.12. The van der Waals surface area contributed by atoms with Gasteiger partial charge in [-0.05, 0) is 43.5 Å². The Kier molecular flexibility index (Phi) is 6.21. The van der Waals surface area contributed by atoms with Crippen molar-refractivity contribution in [2.45, 2.75) is 70.1 Å². The van der Waals surface area contributed by atoms with E-state index >= 15 is 0 Å². The Bertz CT molecular complexity index is 1180. The lowest BCUT2D eigenvalue weighted by molar-refractivity contribution is -0.134. The van der Waals surface area contributed by atoms with E-state index in [1.54, 1.807) is 40.1 Å². The Morgan fingerprint density at radius 2 is 1.94 bits per heavy atom. The summed E-state index contributed by atoms with van der Waals surface area (Å²) in [6, 6.07) is 12.9. The smallest absolute Gasteiger partial charge is 0.273 e. The summed E-state index contributed by atoms with van der Waals surface area (Å²) in [6.07, 6.45) is 8.13. The average Bonchev–Trinajstić information content (AvgIpc) is 3.43. The van der Waals surface area contributed by atoms with Gasteiger partial charge >= 0.3 is 0 Å². The number of aromatic nitrogens is 2. The quantitative estimate of drug-likeness (QED) is 0.518. The molecule has 1 aliphatic heterocycles. The van der Waals surface area contributed by atoms with Gasteiger partial charge in [0.25, 0.3) is 5.91 Å². The summed E-state index contributed by atoms with van der Waals surface area (Å²) in [5.41, 5.74) is 0.671. The van der Waals surface area contributed by atoms with Crippen LogP contribution in [0.1, 0.15) is 61.5 Å². The number of amides is 2. The Hall–Kier alpha value is -3.06. The third-order valence-corrected chi connectivity index (χ3v) is 7.41. The number of carbonyl (C=O) groups is 2. The fourth-order valence-electron chi connectivity index (χ4n) is 5.00. The average molecular weight is 481 g/mol. The van der Waals surface area contributed by atoms with Crippen LogP contribution in [-0.2, 0) is 17.9 Å². The first-order valence-corrected chi connectivity index (χ1v) is 12.3. The number of nitrogens with one attached hydrogen (secondary N) is 1. The summed E-state index contributed by atoms with van der Waals surface area (Å²) in [5.74, 6) is 0.174. The van der Waals surface area contributed by atoms with E-state index in [0.29, 0.717) is 22.2 Å². The molecule has 0 bridgehead atoms. The van der Waals surface area contributed by atoms with Crippen molar-refractivity contribution in [1.29, 1.82) is 0 Å². The molecule has 7 nitrogen and oxygen atoms in total. The van der Waals surface area contributed by atoms with E-state index in [9.17, 15) is 9.59 Å². The standard InChI is InChI=1S/C26H29ClN4O3/c1-26(25(33)28-19-10-4-2-3-5-11-19)17-31-22(15-21(29-31)23-13-8-14-34-23)24(32)30(26)16-18-9-6-7-12-20(18)27/h6-9,12-15,19H,2-5,10-11,16-17H2,1H3,(H,28,33). The maximum atomic E-state index is 13.8. The molecule has 3 heterocycles. The van der Waals surface area contributed by atoms with Crippen LogP contribution in [0.25, 0.3) is 11.5 Å². The minimum atomic E-state index is -1.12. The number of carbonyl (C=O) groups excluding carboxylic acids is 2. The van der Waals surface area contributed by atoms with Crippen molar-refractivity contribution in [2.24, 2.45) is 0 Å². The minimum absolute atomic E-state index is 0.127. The van der Waals surface area contributed by atoms with Crippen LogP contribution in [-0.4, -0.2) is 38.1 Å². The van der Waals surface area contributed by atoms with E-state index in [4.69, 9.17) is 16.0 Å². The van der Waals surface area contributed by atoms with Gasteiger partial charge in [-0.1, -0.05) is 55.5 Å². The molecule has 178 valence electrons. The number of furan rings is 1. The first kappa shape index (κ1) is 22.7. The van der Waals surface area contributed by atoms with Crippen LogP contribution >= 0.6 is 11.6 Å². The van der Waals surface area contributed by atoms with Crippen molar-refractivity contribution in [2.75, 3.05) is 0 Å². The number of halogens is 1. The summed E-state index contributed by atoms with van der Waals surface area (Å²) >= 11 is 6.44. The lowest BCUT2D eigenvalue weighted by Gasteiger charge is -2.44. The molecule has 8 heteroatoms. The molecule has 1 N–H and O–H groups in total. The van der Waals surface area contributed by atoms with E-state index in [2.05, 4.69) is 10.4 Å². The highest BCUT2D eigenvalue weighted by Gasteiger charge is 2.48. The maximum Gasteiger partial charge on any atom is 0.273 e. The van der Waals surface area contributed by atoms with Crippen molar-refractivity contribution in [3.8, 4) is 11.5 Å². The minimum Gasteiger partial charge on any atom is -0.463 e. The van der Waals surface area contributed by atoms with Crippen LogP contribution in [0, 0.1) is 0 Å². The van der Waals surface area contributed by atoms with Crippen molar-refractivity contribution in [1.82, 2.24) is 20.0 Å². The third-order valence-electron chi connectivity index (χ3n) is 7.04. The third kappa shape index (κ3) is 4.25. The van der Waals surface area contributed by atoms with Crippen molar-refractivity contribution in [3.05, 3.63) is 65.0 Å². The van der Waals surface area contributed by atoms with E-state index in [1.807, 2.05) is 25.1 Å². The molecule has 0 spiro atoms. The molecule has 0 saturated heterocycles. The van der Waals surface area contributed by atoms with Gasteiger partial charge in [0.1, 0.15) is 16.9 Å². The Labute approximate surface area is 204 Å². The zero-order valence-corrected chi connectivity index (χ0v) is 20.1. The highest BCUT2D eigenvalue weighted by molar-refractivity contribution is 6.31. The Morgan fingerprint density at radius 1 is 1.18 bits per heavy atom. The second-order valence-corrected chi connectivity index (χ2v) is 9.88. The van der Waals surface area contributed by atoms with Gasteiger partial charge in [0.2, 0.25) is 5.91 Å². The van der Waals surface area contributed by atoms with Gasteiger partial charge in [-0.25, -0.2) is 0 Å². The molecule has 1 aliphatic carbocycles. The summed E-state index contributed by atoms with van der Waals surface area (Å²) in [7, 11) is 0. The zero-order valence-electron chi connectivity index (χ0n) is 19.3. The second-order valence-electron chi connectivity index (χ2n) is 9.47. The zero-order chi connectivity index (χ0) is 23.7. The van der Waals surface area contributed by atoms with Gasteiger partial charge in [-0.3, -0.25) is 14.3 Å². The molecule has 1 unspecified atom stereocenters. The molecule has 1 saturated carbocycles. The Morgan fingerprint density at radius 3 is 2.65 bits per heavy atom. The summed E-state index contributed by atoms with van der Waals surface area (Å²) in [4.78, 5) is 29.2. The molecule has 2 aliphatic rings. The van der Waals surface area contributed by atoms with Gasteiger partial charge < -0.3 is 14.6 Å². The van der Waals surface area contributed by atoms with Crippen LogP contribution in [0.15, 0.2) is 53.1 Å². The molecule has 5 rings (SSSR count). The first-order valence-electron chi connectivity index (χ1n) is 11.9. The van der Waals surface area contributed by atoms with Gasteiger partial charge in [0.15, 0.2) is 5.76 Å². The highest BCUT2D eigenvalue weighted by Crippen LogP contribution is 2.33. The Balaban J connectivity index is 1.50. The van der Waals surface area contributed by atoms with Crippen molar-refractivity contribution in [3.63, 3.8) is 0 Å². The molecule has 0 radical (unpaired) electrons. The van der Waals surface area contributed by atoms with Gasteiger partial charge in [-0.15, -0.1) is 0 Å². The number of rotatable bonds is 5. The molecular formula is C26H29ClN4O3. The van der Waals surface area contributed by atoms with E-state index < -0.39 is 5.54 Å². The maximum absolute atomic E-state index is 13.8. The van der Waals surface area contributed by atoms with Crippen LogP contribution in [0.2, 0.25) is 5.02 Å². The summed E-state index contributed by atoms with van der Waals surface area (Å²) in [5, 5.41) is 8.44. The largest absolute Gasteiger partial charge is 0.463 e. The SMILES string of the molecule is CC1(C(=O)NC2CCCCCC2)Cn2nc(-c3ccco3)cc2C(=O)N1Cc1ccccc1Cl. The lowest BCUT2D eigenvalue weighted by atomic mass is 9.93. The van der Waals surface area contributed by atoms with E-state index in [0.717, 1.165) is 31.2 Å². The first-order chi connectivity index (χ1) is 16.5. The molecule has 1 aromatic carbocycles. The molecule has 2 amide bonds. The molecular weight excluding hydrogens is 452 g/mol. The van der Waals surface area contributed by atoms with Gasteiger partial charge in [0, 0.05) is 23.7 Å². The molecule has 34 heavy (non-hydrogen) atoms. The number of benzene rings is 1. The van der Waals surface area contributed by atoms with Crippen LogP contribution in [0.3, 0.4) is 0 Å². The molecule has 1 atom stereocenters. The fraction of sp³-hybridized carbons (Fsp3) is 0.423. The van der Waals surface area contributed by atoms with Gasteiger partial charge in [-0.2, -0.15) is 5.10 Å². The fourth-order valence-corrected chi connectivity index (χ4v) is 5.19. The van der Waals surface area contributed by atoms with E-state index in [1.165, 1.54) is 12.8 Å². The van der Waals surface area contributed by atoms with E-state index in [-0.39, 0.29) is 30.9 Å². The van der Waals surface area contributed by atoms with Crippen LogP contribution < -0.4 is 5.32 Å². The number of nitrogens with zero attached hydrogens (tertiary/aromatic N) is 3. The van der Waals surface area contributed by atoms with Crippen molar-refractivity contribution < 1.29 is 14.0 Å². The predicted molar refractivity (Wildman–Crippen MR) is 129 cm³/mol.